The molecule has 1 unspecified atom stereocenters. The van der Waals surface area contributed by atoms with E-state index in [0.717, 1.165) is 50.3 Å². The van der Waals surface area contributed by atoms with Crippen molar-refractivity contribution in [3.8, 4) is 22.5 Å². The zero-order chi connectivity index (χ0) is 41.0. The lowest BCUT2D eigenvalue weighted by molar-refractivity contribution is -0.139. The topological polar surface area (TPSA) is 143 Å². The Labute approximate surface area is 338 Å². The van der Waals surface area contributed by atoms with Gasteiger partial charge in [0.15, 0.2) is 16.0 Å². The zero-order valence-electron chi connectivity index (χ0n) is 33.6. The number of benzene rings is 3. The SMILES string of the molecule is CC(=O)c1ccc(-c2csc(NC(C)C)n2)cc1.CC(C)(C)NC(CC1=CCc2ccccc21)C(=O)O.COC(=O)c1ccc(-c2csc(NC(C)C)n2)cc1. The summed E-state index contributed by atoms with van der Waals surface area (Å²) in [5, 5.41) is 24.9. The van der Waals surface area contributed by atoms with Crippen LogP contribution in [-0.4, -0.2) is 63.6 Å². The number of carbonyl (C=O) groups is 3. The summed E-state index contributed by atoms with van der Waals surface area (Å²) in [6, 6.07) is 23.2. The van der Waals surface area contributed by atoms with Crippen LogP contribution in [0.15, 0.2) is 89.6 Å². The molecule has 1 aliphatic carbocycles. The first-order chi connectivity index (χ1) is 26.5. The average Bonchev–Trinajstić information content (AvgIpc) is 3.91. The Morgan fingerprint density at radius 2 is 1.29 bits per heavy atom. The van der Waals surface area contributed by atoms with Crippen molar-refractivity contribution in [2.24, 2.45) is 0 Å². The smallest absolute Gasteiger partial charge is 0.337 e. The molecular weight excluding hydrogens is 743 g/mol. The molecule has 5 aromatic rings. The molecule has 0 amide bonds. The first-order valence-corrected chi connectivity index (χ1v) is 20.3. The minimum atomic E-state index is -0.791. The summed E-state index contributed by atoms with van der Waals surface area (Å²) in [5.41, 5.74) is 8.57. The second-order valence-corrected chi connectivity index (χ2v) is 16.7. The molecule has 0 saturated heterocycles. The van der Waals surface area contributed by atoms with Gasteiger partial charge in [-0.2, -0.15) is 0 Å². The summed E-state index contributed by atoms with van der Waals surface area (Å²) in [5.74, 6) is -1.03. The number of hydrogen-bond acceptors (Lipinski definition) is 11. The molecule has 0 spiro atoms. The van der Waals surface area contributed by atoms with Gasteiger partial charge in [0.05, 0.1) is 24.1 Å². The third kappa shape index (κ3) is 13.2. The number of anilines is 2. The molecule has 6 rings (SSSR count). The highest BCUT2D eigenvalue weighted by atomic mass is 32.1. The molecule has 10 nitrogen and oxygen atoms in total. The normalized spacial score (nSPS) is 12.4. The Kier molecular flexibility index (Phi) is 15.7. The maximum atomic E-state index is 11.4. The Bertz CT molecular complexity index is 2090. The molecule has 0 aliphatic heterocycles. The quantitative estimate of drug-likeness (QED) is 0.0712. The number of esters is 1. The van der Waals surface area contributed by atoms with Crippen molar-refractivity contribution >= 4 is 56.2 Å². The summed E-state index contributed by atoms with van der Waals surface area (Å²) < 4.78 is 4.67. The summed E-state index contributed by atoms with van der Waals surface area (Å²) in [4.78, 5) is 42.9. The van der Waals surface area contributed by atoms with Gasteiger partial charge in [0.1, 0.15) is 6.04 Å². The lowest BCUT2D eigenvalue weighted by Crippen LogP contribution is -2.47. The average molecular weight is 796 g/mol. The number of hydrogen-bond donors (Lipinski definition) is 4. The number of carboxylic acid groups (broad SMARTS) is 1. The van der Waals surface area contributed by atoms with Crippen LogP contribution in [0.5, 0.6) is 0 Å². The van der Waals surface area contributed by atoms with Gasteiger partial charge < -0.3 is 20.5 Å². The van der Waals surface area contributed by atoms with Crippen LogP contribution in [0, 0.1) is 0 Å². The van der Waals surface area contributed by atoms with Crippen LogP contribution in [0.2, 0.25) is 0 Å². The van der Waals surface area contributed by atoms with E-state index in [1.54, 1.807) is 41.7 Å². The summed E-state index contributed by atoms with van der Waals surface area (Å²) in [6.45, 7) is 15.9. The molecule has 0 radical (unpaired) electrons. The van der Waals surface area contributed by atoms with E-state index in [1.807, 2.05) is 80.1 Å². The van der Waals surface area contributed by atoms with Gasteiger partial charge in [0.25, 0.3) is 0 Å². The Balaban J connectivity index is 0.000000187. The largest absolute Gasteiger partial charge is 0.480 e. The zero-order valence-corrected chi connectivity index (χ0v) is 35.2. The Hall–Kier alpha value is -5.17. The van der Waals surface area contributed by atoms with Crippen LogP contribution in [0.1, 0.15) is 93.7 Å². The molecule has 2 aromatic heterocycles. The number of fused-ring (bicyclic) bond motifs is 1. The number of aliphatic carboxylic acids is 1. The maximum Gasteiger partial charge on any atom is 0.337 e. The number of Topliss-reactive ketones (excluding diaryl/α,β-unsaturated/α-hetero) is 1. The maximum absolute atomic E-state index is 11.4. The molecule has 0 saturated carbocycles. The molecule has 1 aliphatic rings. The number of allylic oxidation sites excluding steroid dienone is 1. The monoisotopic (exact) mass is 795 g/mol. The molecule has 2 heterocycles. The van der Waals surface area contributed by atoms with Gasteiger partial charge in [-0.25, -0.2) is 14.8 Å². The van der Waals surface area contributed by atoms with Gasteiger partial charge in [-0.15, -0.1) is 22.7 Å². The molecule has 1 atom stereocenters. The molecule has 0 bridgehead atoms. The van der Waals surface area contributed by atoms with E-state index in [2.05, 4.69) is 76.6 Å². The molecule has 4 N–H and O–H groups in total. The first kappa shape index (κ1) is 43.6. The van der Waals surface area contributed by atoms with Gasteiger partial charge in [-0.05, 0) is 97.1 Å². The molecular formula is C44H53N5O5S2. The van der Waals surface area contributed by atoms with E-state index in [9.17, 15) is 19.5 Å². The van der Waals surface area contributed by atoms with Crippen molar-refractivity contribution in [2.45, 2.75) is 91.9 Å². The van der Waals surface area contributed by atoms with Crippen molar-refractivity contribution in [2.75, 3.05) is 17.7 Å². The Morgan fingerprint density at radius 1 is 0.786 bits per heavy atom. The summed E-state index contributed by atoms with van der Waals surface area (Å²) in [6.07, 6.45) is 3.59. The number of nitrogens with one attached hydrogen (secondary N) is 3. The van der Waals surface area contributed by atoms with E-state index >= 15 is 0 Å². The van der Waals surface area contributed by atoms with Crippen LogP contribution in [-0.2, 0) is 16.0 Å². The molecule has 12 heteroatoms. The van der Waals surface area contributed by atoms with Crippen LogP contribution in [0.4, 0.5) is 10.3 Å². The van der Waals surface area contributed by atoms with Crippen molar-refractivity contribution in [3.05, 3.63) is 112 Å². The fourth-order valence-corrected chi connectivity index (χ4v) is 7.43. The predicted molar refractivity (Wildman–Crippen MR) is 231 cm³/mol. The second kappa shape index (κ2) is 20.1. The third-order valence-electron chi connectivity index (χ3n) is 8.28. The number of nitrogens with zero attached hydrogens (tertiary/aromatic N) is 2. The number of carboxylic acids is 1. The van der Waals surface area contributed by atoms with E-state index < -0.39 is 12.0 Å². The predicted octanol–water partition coefficient (Wildman–Crippen LogP) is 10.1. The Morgan fingerprint density at radius 3 is 1.73 bits per heavy atom. The minimum absolute atomic E-state index is 0.0852. The number of rotatable bonds is 12. The highest BCUT2D eigenvalue weighted by Crippen LogP contribution is 2.31. The number of methoxy groups -OCH3 is 1. The van der Waals surface area contributed by atoms with Gasteiger partial charge >= 0.3 is 11.9 Å². The first-order valence-electron chi connectivity index (χ1n) is 18.5. The number of carbonyl (C=O) groups excluding carboxylic acids is 2. The van der Waals surface area contributed by atoms with Crippen LogP contribution in [0.25, 0.3) is 28.1 Å². The van der Waals surface area contributed by atoms with Gasteiger partial charge in [-0.3, -0.25) is 14.9 Å². The summed E-state index contributed by atoms with van der Waals surface area (Å²) in [7, 11) is 1.38. The van der Waals surface area contributed by atoms with E-state index in [4.69, 9.17) is 0 Å². The highest BCUT2D eigenvalue weighted by Gasteiger charge is 2.26. The van der Waals surface area contributed by atoms with Gasteiger partial charge in [0.2, 0.25) is 0 Å². The number of thiazole rings is 2. The molecule has 0 fully saturated rings. The molecule has 296 valence electrons. The number of ketones is 1. The van der Waals surface area contributed by atoms with Crippen LogP contribution in [0.3, 0.4) is 0 Å². The molecule has 56 heavy (non-hydrogen) atoms. The molecule has 3 aromatic carbocycles. The van der Waals surface area contributed by atoms with E-state index in [0.29, 0.717) is 24.1 Å². The highest BCUT2D eigenvalue weighted by molar-refractivity contribution is 7.14. The summed E-state index contributed by atoms with van der Waals surface area (Å²) >= 11 is 3.17. The number of aromatic nitrogens is 2. The van der Waals surface area contributed by atoms with Gasteiger partial charge in [0, 0.05) is 45.1 Å². The van der Waals surface area contributed by atoms with E-state index in [-0.39, 0.29) is 17.3 Å². The van der Waals surface area contributed by atoms with Crippen LogP contribution >= 0.6 is 22.7 Å². The van der Waals surface area contributed by atoms with E-state index in [1.165, 1.54) is 18.2 Å². The van der Waals surface area contributed by atoms with Crippen molar-refractivity contribution in [3.63, 3.8) is 0 Å². The van der Waals surface area contributed by atoms with Crippen LogP contribution < -0.4 is 16.0 Å². The fraction of sp³-hybridized carbons (Fsp3) is 0.341. The standard InChI is InChI=1S/C16H21NO2.C14H16N2O2S.C14H16N2OS/c1-16(2,3)17-14(15(18)19)10-12-9-8-11-6-4-5-7-13(11)12;1-9(2)15-14-16-12(8-19-14)10-4-6-11(7-5-10)13(17)18-3;1-9(2)15-14-16-13(8-18-14)12-6-4-11(5-7-12)10(3)17/h4-7,9,14,17H,8,10H2,1-3H3,(H,18,19);4-9H,1-3H3,(H,15,16);4-9H,1-3H3,(H,15,16). The van der Waals surface area contributed by atoms with Crippen molar-refractivity contribution in [1.29, 1.82) is 0 Å². The lowest BCUT2D eigenvalue weighted by atomic mass is 9.97. The second-order valence-electron chi connectivity index (χ2n) is 15.0. The number of ether oxygens (including phenoxy) is 1. The lowest BCUT2D eigenvalue weighted by Gasteiger charge is -2.26. The van der Waals surface area contributed by atoms with Crippen molar-refractivity contribution < 1.29 is 24.2 Å². The minimum Gasteiger partial charge on any atom is -0.480 e. The fourth-order valence-electron chi connectivity index (χ4n) is 5.70. The van der Waals surface area contributed by atoms with Crippen molar-refractivity contribution in [1.82, 2.24) is 15.3 Å². The van der Waals surface area contributed by atoms with Gasteiger partial charge in [-0.1, -0.05) is 66.7 Å². The third-order valence-corrected chi connectivity index (χ3v) is 9.83.